The molecule has 1 amide bonds. The number of hydrogen-bond donors (Lipinski definition) is 2. The van der Waals surface area contributed by atoms with E-state index in [1.54, 1.807) is 0 Å². The monoisotopic (exact) mass is 293 g/mol. The molecule has 0 radical (unpaired) electrons. The number of rotatable bonds is 4. The summed E-state index contributed by atoms with van der Waals surface area (Å²) in [7, 11) is 1.27. The first-order valence-corrected chi connectivity index (χ1v) is 6.93. The van der Waals surface area contributed by atoms with Crippen LogP contribution in [-0.4, -0.2) is 46.7 Å². The Balaban J connectivity index is 2.28. The van der Waals surface area contributed by atoms with E-state index in [0.29, 0.717) is 0 Å². The van der Waals surface area contributed by atoms with Gasteiger partial charge in [-0.25, -0.2) is 0 Å². The normalized spacial score (nSPS) is 14.9. The smallest absolute Gasteiger partial charge is 0.325 e. The lowest BCUT2D eigenvalue weighted by Gasteiger charge is -2.28. The molecule has 1 fully saturated rings. The molecule has 0 saturated heterocycles. The van der Waals surface area contributed by atoms with Gasteiger partial charge in [0.25, 0.3) is 5.91 Å². The number of esters is 1. The minimum atomic E-state index is -0.505. The summed E-state index contributed by atoms with van der Waals surface area (Å²) in [6, 6.07) is 4.16. The molecule has 114 valence electrons. The average molecular weight is 293 g/mol. The molecule has 0 bridgehead atoms. The third kappa shape index (κ3) is 3.26. The van der Waals surface area contributed by atoms with Gasteiger partial charge in [-0.3, -0.25) is 9.59 Å². The Bertz CT molecular complexity index is 537. The number of carbonyl (C=O) groups is 2. The van der Waals surface area contributed by atoms with E-state index in [1.165, 1.54) is 30.2 Å². The zero-order valence-electron chi connectivity index (χ0n) is 11.9. The van der Waals surface area contributed by atoms with Gasteiger partial charge in [0, 0.05) is 6.04 Å². The van der Waals surface area contributed by atoms with Crippen molar-refractivity contribution in [3.05, 3.63) is 23.8 Å². The second-order valence-electron chi connectivity index (χ2n) is 5.12. The van der Waals surface area contributed by atoms with Gasteiger partial charge in [-0.1, -0.05) is 18.9 Å². The SMILES string of the molecule is COC(=O)CN(C(=O)c1cccc(O)c1O)C1CCCC1. The van der Waals surface area contributed by atoms with E-state index in [9.17, 15) is 19.8 Å². The molecule has 0 heterocycles. The second kappa shape index (κ2) is 6.47. The third-order valence-corrected chi connectivity index (χ3v) is 3.80. The van der Waals surface area contributed by atoms with Gasteiger partial charge in [0.15, 0.2) is 11.5 Å². The third-order valence-electron chi connectivity index (χ3n) is 3.80. The van der Waals surface area contributed by atoms with Gasteiger partial charge < -0.3 is 19.8 Å². The maximum Gasteiger partial charge on any atom is 0.325 e. The molecule has 2 N–H and O–H groups in total. The van der Waals surface area contributed by atoms with Crippen LogP contribution in [0.5, 0.6) is 11.5 Å². The average Bonchev–Trinajstić information content (AvgIpc) is 3.00. The molecule has 0 aromatic heterocycles. The van der Waals surface area contributed by atoms with Crippen LogP contribution in [0.1, 0.15) is 36.0 Å². The van der Waals surface area contributed by atoms with Crippen LogP contribution in [0.3, 0.4) is 0 Å². The zero-order valence-corrected chi connectivity index (χ0v) is 11.9. The second-order valence-corrected chi connectivity index (χ2v) is 5.12. The highest BCUT2D eigenvalue weighted by Crippen LogP contribution is 2.31. The molecule has 0 atom stereocenters. The van der Waals surface area contributed by atoms with E-state index in [2.05, 4.69) is 4.74 Å². The standard InChI is InChI=1S/C15H19NO5/c1-21-13(18)9-16(10-5-2-3-6-10)15(20)11-7-4-8-12(17)14(11)19/h4,7-8,10,17,19H,2-3,5-6,9H2,1H3. The molecule has 21 heavy (non-hydrogen) atoms. The Morgan fingerprint density at radius 1 is 1.29 bits per heavy atom. The molecule has 0 aliphatic heterocycles. The fraction of sp³-hybridized carbons (Fsp3) is 0.467. The Hall–Kier alpha value is -2.24. The van der Waals surface area contributed by atoms with E-state index in [1.807, 2.05) is 0 Å². The number of hydrogen-bond acceptors (Lipinski definition) is 5. The van der Waals surface area contributed by atoms with Gasteiger partial charge >= 0.3 is 5.97 Å². The number of benzene rings is 1. The molecule has 6 nitrogen and oxygen atoms in total. The van der Waals surface area contributed by atoms with Crippen molar-refractivity contribution >= 4 is 11.9 Å². The molecule has 1 aliphatic rings. The lowest BCUT2D eigenvalue weighted by Crippen LogP contribution is -2.42. The number of nitrogens with zero attached hydrogens (tertiary/aromatic N) is 1. The van der Waals surface area contributed by atoms with Crippen LogP contribution < -0.4 is 0 Å². The van der Waals surface area contributed by atoms with Crippen molar-refractivity contribution in [1.82, 2.24) is 4.90 Å². The zero-order chi connectivity index (χ0) is 15.4. The maximum absolute atomic E-state index is 12.6. The van der Waals surface area contributed by atoms with Crippen molar-refractivity contribution in [2.45, 2.75) is 31.7 Å². The minimum absolute atomic E-state index is 0.00852. The van der Waals surface area contributed by atoms with Crippen molar-refractivity contribution in [3.63, 3.8) is 0 Å². The van der Waals surface area contributed by atoms with E-state index in [0.717, 1.165) is 25.7 Å². The lowest BCUT2D eigenvalue weighted by atomic mass is 10.1. The quantitative estimate of drug-likeness (QED) is 0.651. The molecule has 1 aromatic carbocycles. The Morgan fingerprint density at radius 2 is 1.95 bits per heavy atom. The van der Waals surface area contributed by atoms with Crippen molar-refractivity contribution in [2.24, 2.45) is 0 Å². The summed E-state index contributed by atoms with van der Waals surface area (Å²) in [5, 5.41) is 19.3. The number of para-hydroxylation sites is 1. The van der Waals surface area contributed by atoms with Crippen LogP contribution in [0, 0.1) is 0 Å². The van der Waals surface area contributed by atoms with Crippen molar-refractivity contribution < 1.29 is 24.5 Å². The van der Waals surface area contributed by atoms with Gasteiger partial charge in [-0.15, -0.1) is 0 Å². The molecule has 1 saturated carbocycles. The minimum Gasteiger partial charge on any atom is -0.504 e. The first-order valence-electron chi connectivity index (χ1n) is 6.93. The fourth-order valence-electron chi connectivity index (χ4n) is 2.64. The number of amides is 1. The number of methoxy groups -OCH3 is 1. The van der Waals surface area contributed by atoms with Gasteiger partial charge in [-0.2, -0.15) is 0 Å². The molecule has 1 aliphatic carbocycles. The summed E-state index contributed by atoms with van der Waals surface area (Å²) in [5.41, 5.74) is -0.00852. The van der Waals surface area contributed by atoms with Crippen LogP contribution in [0.25, 0.3) is 0 Å². The predicted octanol–water partition coefficient (Wildman–Crippen LogP) is 1.66. The summed E-state index contributed by atoms with van der Waals surface area (Å²) < 4.78 is 4.64. The Labute approximate surface area is 122 Å². The first kappa shape index (κ1) is 15.2. The summed E-state index contributed by atoms with van der Waals surface area (Å²) in [6.45, 7) is -0.158. The fourth-order valence-corrected chi connectivity index (χ4v) is 2.64. The molecule has 2 rings (SSSR count). The number of phenols is 2. The van der Waals surface area contributed by atoms with Gasteiger partial charge in [-0.05, 0) is 25.0 Å². The Kier molecular flexibility index (Phi) is 4.67. The largest absolute Gasteiger partial charge is 0.504 e. The van der Waals surface area contributed by atoms with Gasteiger partial charge in [0.05, 0.1) is 12.7 Å². The van der Waals surface area contributed by atoms with Crippen molar-refractivity contribution in [2.75, 3.05) is 13.7 Å². The molecule has 1 aromatic rings. The van der Waals surface area contributed by atoms with Crippen LogP contribution in [-0.2, 0) is 9.53 Å². The van der Waals surface area contributed by atoms with Crippen LogP contribution in [0.2, 0.25) is 0 Å². The molecular weight excluding hydrogens is 274 g/mol. The number of phenolic OH excluding ortho intramolecular Hbond substituents is 2. The topological polar surface area (TPSA) is 87.1 Å². The predicted molar refractivity (Wildman–Crippen MR) is 75.1 cm³/mol. The van der Waals surface area contributed by atoms with Gasteiger partial charge in [0.2, 0.25) is 0 Å². The number of carbonyl (C=O) groups excluding carboxylic acids is 2. The number of aromatic hydroxyl groups is 2. The molecular formula is C15H19NO5. The highest BCUT2D eigenvalue weighted by molar-refractivity contribution is 5.99. The van der Waals surface area contributed by atoms with Crippen molar-refractivity contribution in [3.8, 4) is 11.5 Å². The number of ether oxygens (including phenoxy) is 1. The summed E-state index contributed by atoms with van der Waals surface area (Å²) in [6.07, 6.45) is 3.65. The lowest BCUT2D eigenvalue weighted by molar-refractivity contribution is -0.141. The van der Waals surface area contributed by atoms with Crippen LogP contribution in [0.4, 0.5) is 0 Å². The first-order chi connectivity index (χ1) is 10.0. The molecule has 6 heteroatoms. The van der Waals surface area contributed by atoms with Crippen LogP contribution in [0.15, 0.2) is 18.2 Å². The van der Waals surface area contributed by atoms with E-state index in [4.69, 9.17) is 0 Å². The van der Waals surface area contributed by atoms with E-state index < -0.39 is 17.6 Å². The molecule has 0 spiro atoms. The summed E-state index contributed by atoms with van der Waals surface area (Å²) in [5.74, 6) is -1.80. The van der Waals surface area contributed by atoms with Crippen molar-refractivity contribution in [1.29, 1.82) is 0 Å². The Morgan fingerprint density at radius 3 is 2.57 bits per heavy atom. The maximum atomic E-state index is 12.6. The highest BCUT2D eigenvalue weighted by Gasteiger charge is 2.31. The van der Waals surface area contributed by atoms with E-state index >= 15 is 0 Å². The summed E-state index contributed by atoms with van der Waals surface area (Å²) in [4.78, 5) is 25.6. The molecule has 0 unspecified atom stereocenters. The van der Waals surface area contributed by atoms with Crippen LogP contribution >= 0.6 is 0 Å². The summed E-state index contributed by atoms with van der Waals surface area (Å²) >= 11 is 0. The van der Waals surface area contributed by atoms with Gasteiger partial charge in [0.1, 0.15) is 6.54 Å². The van der Waals surface area contributed by atoms with E-state index in [-0.39, 0.29) is 23.9 Å². The highest BCUT2D eigenvalue weighted by atomic mass is 16.5.